The zero-order valence-electron chi connectivity index (χ0n) is 20.9. The molecule has 2 aromatic rings. The van der Waals surface area contributed by atoms with Gasteiger partial charge in [0.15, 0.2) is 5.13 Å². The zero-order chi connectivity index (χ0) is 25.8. The van der Waals surface area contributed by atoms with Crippen LogP contribution in [0, 0.1) is 0 Å². The highest BCUT2D eigenvalue weighted by molar-refractivity contribution is 7.15. The van der Waals surface area contributed by atoms with Crippen LogP contribution in [-0.4, -0.2) is 58.1 Å². The van der Waals surface area contributed by atoms with Gasteiger partial charge in [-0.2, -0.15) is 15.0 Å². The van der Waals surface area contributed by atoms with Gasteiger partial charge in [-0.25, -0.2) is 4.98 Å². The van der Waals surface area contributed by atoms with Gasteiger partial charge >= 0.3 is 6.01 Å². The molecular formula is C26H32ClN7OS. The summed E-state index contributed by atoms with van der Waals surface area (Å²) in [7, 11) is 2.11. The number of nitrogens with one attached hydrogen (secondary N) is 1. The fourth-order valence-corrected chi connectivity index (χ4v) is 4.15. The first-order valence-electron chi connectivity index (χ1n) is 11.7. The minimum Gasteiger partial charge on any atom is -0.424 e. The molecule has 8 nitrogen and oxygen atoms in total. The molecule has 0 bridgehead atoms. The highest BCUT2D eigenvalue weighted by Crippen LogP contribution is 2.24. The fraction of sp³-hybridized carbons (Fsp3) is 0.308. The van der Waals surface area contributed by atoms with E-state index in [-0.39, 0.29) is 6.01 Å². The molecule has 2 aromatic heterocycles. The van der Waals surface area contributed by atoms with Crippen LogP contribution in [0.5, 0.6) is 6.01 Å². The molecule has 0 aromatic carbocycles. The molecule has 1 N–H and O–H groups in total. The van der Waals surface area contributed by atoms with Crippen LogP contribution in [0.25, 0.3) is 0 Å². The lowest BCUT2D eigenvalue weighted by Gasteiger charge is -2.32. The third-order valence-corrected chi connectivity index (χ3v) is 6.28. The predicted molar refractivity (Wildman–Crippen MR) is 150 cm³/mol. The Bertz CT molecular complexity index is 1160. The number of likely N-dealkylation sites (N-methyl/N-ethyl adjacent to an activating group) is 1. The van der Waals surface area contributed by atoms with Crippen molar-refractivity contribution < 1.29 is 4.74 Å². The molecule has 0 aliphatic carbocycles. The van der Waals surface area contributed by atoms with Gasteiger partial charge in [0.1, 0.15) is 5.76 Å². The molecule has 1 aliphatic rings. The molecule has 0 spiro atoms. The molecule has 0 unspecified atom stereocenters. The summed E-state index contributed by atoms with van der Waals surface area (Å²) in [6.07, 6.45) is 19.3. The van der Waals surface area contributed by atoms with E-state index in [1.807, 2.05) is 56.5 Å². The Kier molecular flexibility index (Phi) is 10.9. The number of aromatic nitrogens is 4. The molecule has 1 aliphatic heterocycles. The van der Waals surface area contributed by atoms with Gasteiger partial charge in [-0.15, -0.1) is 11.3 Å². The van der Waals surface area contributed by atoms with Gasteiger partial charge in [-0.05, 0) is 45.2 Å². The molecule has 3 rings (SSSR count). The van der Waals surface area contributed by atoms with Crippen LogP contribution in [0.4, 0.5) is 17.0 Å². The predicted octanol–water partition coefficient (Wildman–Crippen LogP) is 5.65. The lowest BCUT2D eigenvalue weighted by molar-refractivity contribution is 0.310. The maximum absolute atomic E-state index is 6.07. The maximum Gasteiger partial charge on any atom is 0.328 e. The topological polar surface area (TPSA) is 79.3 Å². The molecule has 36 heavy (non-hydrogen) atoms. The van der Waals surface area contributed by atoms with E-state index >= 15 is 0 Å². The Hall–Kier alpha value is -3.27. The summed E-state index contributed by atoms with van der Waals surface area (Å²) in [5.74, 6) is 1.57. The van der Waals surface area contributed by atoms with Gasteiger partial charge in [-0.3, -0.25) is 5.32 Å². The van der Waals surface area contributed by atoms with Crippen molar-refractivity contribution in [2.75, 3.05) is 43.4 Å². The van der Waals surface area contributed by atoms with E-state index < -0.39 is 0 Å². The zero-order valence-corrected chi connectivity index (χ0v) is 22.5. The second-order valence-corrected chi connectivity index (χ2v) is 9.41. The van der Waals surface area contributed by atoms with Gasteiger partial charge in [0.25, 0.3) is 0 Å². The first-order valence-corrected chi connectivity index (χ1v) is 12.9. The van der Waals surface area contributed by atoms with Crippen molar-refractivity contribution in [1.29, 1.82) is 0 Å². The largest absolute Gasteiger partial charge is 0.424 e. The second kappa shape index (κ2) is 14.3. The van der Waals surface area contributed by atoms with Crippen molar-refractivity contribution in [2.45, 2.75) is 20.3 Å². The molecule has 0 amide bonds. The van der Waals surface area contributed by atoms with Crippen molar-refractivity contribution in [3.63, 3.8) is 0 Å². The average Bonchev–Trinajstić information content (AvgIpc) is 3.32. The van der Waals surface area contributed by atoms with Crippen LogP contribution < -0.4 is 15.0 Å². The summed E-state index contributed by atoms with van der Waals surface area (Å²) in [5.41, 5.74) is 0. The monoisotopic (exact) mass is 525 g/mol. The third kappa shape index (κ3) is 8.75. The number of halogens is 1. The minimum absolute atomic E-state index is 0.216. The van der Waals surface area contributed by atoms with Crippen molar-refractivity contribution in [1.82, 2.24) is 24.8 Å². The summed E-state index contributed by atoms with van der Waals surface area (Å²) in [6, 6.07) is 0.216. The van der Waals surface area contributed by atoms with Crippen LogP contribution in [0.3, 0.4) is 0 Å². The van der Waals surface area contributed by atoms with Crippen LogP contribution in [0.15, 0.2) is 78.3 Å². The molecule has 190 valence electrons. The van der Waals surface area contributed by atoms with Crippen molar-refractivity contribution >= 4 is 40.0 Å². The first kappa shape index (κ1) is 27.3. The Balaban J connectivity index is 1.77. The van der Waals surface area contributed by atoms with E-state index in [1.165, 1.54) is 11.3 Å². The summed E-state index contributed by atoms with van der Waals surface area (Å²) in [6.45, 7) is 11.0. The SMILES string of the molecule is C=C/C=C\C(=C/C)Oc1nc(Nc2ncc(CC=C/C=C(Cl)\C=C/C)s2)nc(N2CCN(C)CC2)n1. The smallest absolute Gasteiger partial charge is 0.328 e. The summed E-state index contributed by atoms with van der Waals surface area (Å²) < 4.78 is 5.94. The van der Waals surface area contributed by atoms with E-state index in [4.69, 9.17) is 16.3 Å². The standard InChI is InChI=1S/C26H32ClN7OS/c1-5-8-13-21(7-3)35-25-30-23(29-24(32-25)34-17-15-33(4)16-18-34)31-26-28-19-22(36-26)14-10-9-12-20(27)11-6-2/h5-13,19H,1,14-18H2,2-4H3,(H,28,29,30,31,32)/b10-9?,11-6-,13-8-,20-12+,21-7+. The summed E-state index contributed by atoms with van der Waals surface area (Å²) in [4.78, 5) is 23.7. The average molecular weight is 526 g/mol. The number of allylic oxidation sites excluding steroid dienone is 10. The molecule has 0 radical (unpaired) electrons. The Morgan fingerprint density at radius 3 is 2.69 bits per heavy atom. The normalized spacial score (nSPS) is 15.9. The molecule has 3 heterocycles. The van der Waals surface area contributed by atoms with Gasteiger partial charge < -0.3 is 14.5 Å². The second-order valence-electron chi connectivity index (χ2n) is 7.86. The first-order chi connectivity index (χ1) is 17.5. The fourth-order valence-electron chi connectivity index (χ4n) is 3.17. The number of hydrogen-bond acceptors (Lipinski definition) is 9. The number of rotatable bonds is 11. The summed E-state index contributed by atoms with van der Waals surface area (Å²) >= 11 is 7.61. The van der Waals surface area contributed by atoms with E-state index in [2.05, 4.69) is 48.7 Å². The number of nitrogens with zero attached hydrogens (tertiary/aromatic N) is 6. The molecule has 0 atom stereocenters. The lowest BCUT2D eigenvalue weighted by Crippen LogP contribution is -2.45. The quantitative estimate of drug-likeness (QED) is 0.298. The van der Waals surface area contributed by atoms with Crippen molar-refractivity contribution in [3.05, 3.63) is 83.1 Å². The van der Waals surface area contributed by atoms with Gasteiger partial charge in [0, 0.05) is 48.7 Å². The van der Waals surface area contributed by atoms with Crippen molar-refractivity contribution in [2.24, 2.45) is 0 Å². The highest BCUT2D eigenvalue weighted by Gasteiger charge is 2.19. The number of ether oxygens (including phenoxy) is 1. The van der Waals surface area contributed by atoms with E-state index in [0.717, 1.165) is 37.5 Å². The van der Waals surface area contributed by atoms with Crippen LogP contribution in [0.1, 0.15) is 18.7 Å². The molecule has 1 saturated heterocycles. The van der Waals surface area contributed by atoms with Crippen LogP contribution in [0.2, 0.25) is 0 Å². The van der Waals surface area contributed by atoms with Crippen LogP contribution >= 0.6 is 22.9 Å². The van der Waals surface area contributed by atoms with Crippen LogP contribution in [-0.2, 0) is 6.42 Å². The van der Waals surface area contributed by atoms with Gasteiger partial charge in [0.2, 0.25) is 11.9 Å². The number of piperazine rings is 1. The van der Waals surface area contributed by atoms with E-state index in [0.29, 0.717) is 27.8 Å². The maximum atomic E-state index is 6.07. The Morgan fingerprint density at radius 1 is 1.17 bits per heavy atom. The number of anilines is 3. The van der Waals surface area contributed by atoms with Crippen molar-refractivity contribution in [3.8, 4) is 6.01 Å². The molecule has 1 fully saturated rings. The van der Waals surface area contributed by atoms with Gasteiger partial charge in [-0.1, -0.05) is 48.6 Å². The van der Waals surface area contributed by atoms with E-state index in [1.54, 1.807) is 18.2 Å². The Labute approximate surface area is 222 Å². The Morgan fingerprint density at radius 2 is 1.97 bits per heavy atom. The molecular weight excluding hydrogens is 494 g/mol. The lowest BCUT2D eigenvalue weighted by atomic mass is 10.3. The number of thiazole rings is 1. The molecule has 0 saturated carbocycles. The molecule has 10 heteroatoms. The minimum atomic E-state index is 0.216. The summed E-state index contributed by atoms with van der Waals surface area (Å²) in [5, 5.41) is 4.60. The number of hydrogen-bond donors (Lipinski definition) is 1. The highest BCUT2D eigenvalue weighted by atomic mass is 35.5. The van der Waals surface area contributed by atoms with E-state index in [9.17, 15) is 0 Å². The van der Waals surface area contributed by atoms with Gasteiger partial charge in [0.05, 0.1) is 0 Å². The third-order valence-electron chi connectivity index (χ3n) is 5.09.